The Labute approximate surface area is 193 Å². The number of aliphatic imine (C=N–C) groups is 1. The lowest BCUT2D eigenvalue weighted by atomic mass is 9.80. The first-order chi connectivity index (χ1) is 13.7. The van der Waals surface area contributed by atoms with Crippen molar-refractivity contribution < 1.29 is 9.53 Å². The lowest BCUT2D eigenvalue weighted by Gasteiger charge is -2.48. The summed E-state index contributed by atoms with van der Waals surface area (Å²) in [6.07, 6.45) is 12.3. The van der Waals surface area contributed by atoms with E-state index in [2.05, 4.69) is 25.8 Å². The van der Waals surface area contributed by atoms with E-state index >= 15 is 0 Å². The number of morpholine rings is 1. The number of rotatable bonds is 6. The number of carbonyl (C=O) groups excluding carboxylic acids is 1. The number of guanidine groups is 1. The fourth-order valence-corrected chi connectivity index (χ4v) is 5.01. The van der Waals surface area contributed by atoms with Gasteiger partial charge in [-0.25, -0.2) is 0 Å². The molecule has 2 aliphatic carbocycles. The molecule has 29 heavy (non-hydrogen) atoms. The second kappa shape index (κ2) is 12.9. The number of hydrogen-bond donors (Lipinski definition) is 3. The fraction of sp³-hybridized carbons (Fsp3) is 0.905. The van der Waals surface area contributed by atoms with E-state index in [-0.39, 0.29) is 42.0 Å². The molecular weight excluding hydrogens is 481 g/mol. The van der Waals surface area contributed by atoms with Crippen LogP contribution in [0, 0.1) is 0 Å². The van der Waals surface area contributed by atoms with Gasteiger partial charge in [-0.3, -0.25) is 14.7 Å². The summed E-state index contributed by atoms with van der Waals surface area (Å²) in [5.41, 5.74) is 0.185. The molecule has 0 bridgehead atoms. The maximum absolute atomic E-state index is 12.3. The highest BCUT2D eigenvalue weighted by Crippen LogP contribution is 2.33. The topological polar surface area (TPSA) is 78.0 Å². The zero-order valence-electron chi connectivity index (χ0n) is 18.0. The lowest BCUT2D eigenvalue weighted by Crippen LogP contribution is -2.60. The van der Waals surface area contributed by atoms with Gasteiger partial charge in [-0.1, -0.05) is 38.5 Å². The maximum atomic E-state index is 12.3. The summed E-state index contributed by atoms with van der Waals surface area (Å²) < 4.78 is 5.57. The molecular formula is C21H40IN5O2. The zero-order chi connectivity index (χ0) is 19.7. The molecule has 7 nitrogen and oxygen atoms in total. The van der Waals surface area contributed by atoms with Gasteiger partial charge >= 0.3 is 0 Å². The van der Waals surface area contributed by atoms with Gasteiger partial charge in [0.15, 0.2) is 5.96 Å². The zero-order valence-corrected chi connectivity index (χ0v) is 20.3. The molecule has 0 aromatic carbocycles. The lowest BCUT2D eigenvalue weighted by molar-refractivity contribution is -0.120. The third-order valence-electron chi connectivity index (χ3n) is 6.66. The number of carbonyl (C=O) groups is 1. The van der Waals surface area contributed by atoms with Crippen molar-refractivity contribution in [1.29, 1.82) is 0 Å². The van der Waals surface area contributed by atoms with Gasteiger partial charge in [-0.05, 0) is 25.7 Å². The second-order valence-corrected chi connectivity index (χ2v) is 8.57. The van der Waals surface area contributed by atoms with E-state index in [9.17, 15) is 4.79 Å². The molecule has 0 aromatic heterocycles. The first-order valence-corrected chi connectivity index (χ1v) is 11.3. The smallest absolute Gasteiger partial charge is 0.239 e. The third kappa shape index (κ3) is 7.54. The first-order valence-electron chi connectivity index (χ1n) is 11.3. The average molecular weight is 521 g/mol. The van der Waals surface area contributed by atoms with Gasteiger partial charge in [0.1, 0.15) is 0 Å². The van der Waals surface area contributed by atoms with Crippen LogP contribution in [-0.2, 0) is 9.53 Å². The van der Waals surface area contributed by atoms with Gasteiger partial charge in [0.05, 0.1) is 19.8 Å². The van der Waals surface area contributed by atoms with Crippen LogP contribution in [0.4, 0.5) is 0 Å². The average Bonchev–Trinajstić information content (AvgIpc) is 2.76. The molecule has 3 aliphatic rings. The van der Waals surface area contributed by atoms with Gasteiger partial charge in [0.2, 0.25) is 5.91 Å². The SMILES string of the molecule is CN=C(NCC(=O)NC1CCCCC1)NCC1(N2CCOCC2)CCCCC1.I. The van der Waals surface area contributed by atoms with Crippen molar-refractivity contribution in [3.05, 3.63) is 0 Å². The van der Waals surface area contributed by atoms with Crippen LogP contribution in [0.5, 0.6) is 0 Å². The Kier molecular flexibility index (Phi) is 11.0. The Balaban J connectivity index is 0.00000300. The van der Waals surface area contributed by atoms with Crippen molar-refractivity contribution in [3.8, 4) is 0 Å². The molecule has 0 unspecified atom stereocenters. The van der Waals surface area contributed by atoms with Crippen LogP contribution < -0.4 is 16.0 Å². The summed E-state index contributed by atoms with van der Waals surface area (Å²) in [4.78, 5) is 19.2. The van der Waals surface area contributed by atoms with Gasteiger partial charge in [0, 0.05) is 38.3 Å². The van der Waals surface area contributed by atoms with E-state index < -0.39 is 0 Å². The number of nitrogens with zero attached hydrogens (tertiary/aromatic N) is 2. The largest absolute Gasteiger partial charge is 0.379 e. The quantitative estimate of drug-likeness (QED) is 0.284. The summed E-state index contributed by atoms with van der Waals surface area (Å²) in [6.45, 7) is 4.83. The normalized spacial score (nSPS) is 23.7. The molecule has 1 heterocycles. The van der Waals surface area contributed by atoms with Crippen LogP contribution in [0.3, 0.4) is 0 Å². The highest BCUT2D eigenvalue weighted by Gasteiger charge is 2.38. The highest BCUT2D eigenvalue weighted by molar-refractivity contribution is 14.0. The third-order valence-corrected chi connectivity index (χ3v) is 6.66. The van der Waals surface area contributed by atoms with Crippen LogP contribution in [0.1, 0.15) is 64.2 Å². The summed E-state index contributed by atoms with van der Waals surface area (Å²) in [7, 11) is 1.77. The predicted octanol–water partition coefficient (Wildman–Crippen LogP) is 2.25. The van der Waals surface area contributed by atoms with Gasteiger partial charge in [-0.15, -0.1) is 24.0 Å². The second-order valence-electron chi connectivity index (χ2n) is 8.57. The fourth-order valence-electron chi connectivity index (χ4n) is 5.01. The molecule has 8 heteroatoms. The molecule has 1 aliphatic heterocycles. The number of hydrogen-bond acceptors (Lipinski definition) is 4. The Morgan fingerprint density at radius 3 is 2.34 bits per heavy atom. The molecule has 0 radical (unpaired) electrons. The highest BCUT2D eigenvalue weighted by atomic mass is 127. The van der Waals surface area contributed by atoms with E-state index in [0.717, 1.165) is 51.6 Å². The summed E-state index contributed by atoms with van der Waals surface area (Å²) in [6, 6.07) is 0.352. The minimum atomic E-state index is 0. The van der Waals surface area contributed by atoms with Crippen LogP contribution in [-0.4, -0.2) is 74.8 Å². The molecule has 0 aromatic rings. The maximum Gasteiger partial charge on any atom is 0.239 e. The number of ether oxygens (including phenoxy) is 1. The Hall–Kier alpha value is -0.610. The van der Waals surface area contributed by atoms with Crippen molar-refractivity contribution in [2.24, 2.45) is 4.99 Å². The molecule has 2 saturated carbocycles. The van der Waals surface area contributed by atoms with E-state index in [0.29, 0.717) is 6.04 Å². The Bertz CT molecular complexity index is 513. The predicted molar refractivity (Wildman–Crippen MR) is 128 cm³/mol. The number of nitrogens with one attached hydrogen (secondary N) is 3. The van der Waals surface area contributed by atoms with Crippen molar-refractivity contribution in [2.45, 2.75) is 75.8 Å². The summed E-state index contributed by atoms with van der Waals surface area (Å²) in [5.74, 6) is 0.785. The number of halogens is 1. The molecule has 0 atom stereocenters. The minimum Gasteiger partial charge on any atom is -0.379 e. The molecule has 3 rings (SSSR count). The van der Waals surface area contributed by atoms with Crippen molar-refractivity contribution in [1.82, 2.24) is 20.9 Å². The Morgan fingerprint density at radius 2 is 1.69 bits per heavy atom. The van der Waals surface area contributed by atoms with Gasteiger partial charge in [0.25, 0.3) is 0 Å². The first kappa shape index (κ1) is 24.7. The van der Waals surface area contributed by atoms with E-state index in [4.69, 9.17) is 4.74 Å². The molecule has 0 spiro atoms. The van der Waals surface area contributed by atoms with E-state index in [1.807, 2.05) is 0 Å². The standard InChI is InChI=1S/C21H39N5O2.HI/c1-22-20(23-16-19(27)25-18-8-4-2-5-9-18)24-17-21(10-6-3-7-11-21)26-12-14-28-15-13-26;/h18H,2-17H2,1H3,(H,25,27)(H2,22,23,24);1H. The van der Waals surface area contributed by atoms with Crippen molar-refractivity contribution in [3.63, 3.8) is 0 Å². The van der Waals surface area contributed by atoms with Gasteiger partial charge in [-0.2, -0.15) is 0 Å². The molecule has 1 saturated heterocycles. The van der Waals surface area contributed by atoms with Gasteiger partial charge < -0.3 is 20.7 Å². The Morgan fingerprint density at radius 1 is 1.03 bits per heavy atom. The van der Waals surface area contributed by atoms with Crippen molar-refractivity contribution >= 4 is 35.8 Å². The van der Waals surface area contributed by atoms with E-state index in [1.165, 1.54) is 51.4 Å². The summed E-state index contributed by atoms with van der Waals surface area (Å²) in [5, 5.41) is 9.87. The molecule has 3 fully saturated rings. The van der Waals surface area contributed by atoms with Crippen LogP contribution >= 0.6 is 24.0 Å². The van der Waals surface area contributed by atoms with Crippen LogP contribution in [0.25, 0.3) is 0 Å². The monoisotopic (exact) mass is 521 g/mol. The minimum absolute atomic E-state index is 0. The van der Waals surface area contributed by atoms with Crippen LogP contribution in [0.15, 0.2) is 4.99 Å². The molecule has 3 N–H and O–H groups in total. The number of amides is 1. The molecule has 168 valence electrons. The molecule has 1 amide bonds. The van der Waals surface area contributed by atoms with Crippen LogP contribution in [0.2, 0.25) is 0 Å². The summed E-state index contributed by atoms with van der Waals surface area (Å²) >= 11 is 0. The van der Waals surface area contributed by atoms with Crippen molar-refractivity contribution in [2.75, 3.05) is 46.4 Å². The van der Waals surface area contributed by atoms with E-state index in [1.54, 1.807) is 7.05 Å².